The molecule has 2 aromatic carbocycles. The summed E-state index contributed by atoms with van der Waals surface area (Å²) in [6.07, 6.45) is 0.843. The summed E-state index contributed by atoms with van der Waals surface area (Å²) in [5.41, 5.74) is 2.92. The van der Waals surface area contributed by atoms with Crippen LogP contribution in [0.1, 0.15) is 33.5 Å². The molecule has 0 bridgehead atoms. The zero-order chi connectivity index (χ0) is 26.9. The van der Waals surface area contributed by atoms with Crippen molar-refractivity contribution in [3.63, 3.8) is 0 Å². The van der Waals surface area contributed by atoms with Crippen molar-refractivity contribution in [2.24, 2.45) is 0 Å². The van der Waals surface area contributed by atoms with Crippen molar-refractivity contribution in [3.8, 4) is 17.2 Å². The van der Waals surface area contributed by atoms with Gasteiger partial charge in [-0.1, -0.05) is 25.1 Å². The molecule has 9 heteroatoms. The fraction of sp³-hybridized carbons (Fsp3) is 0.448. The Labute approximate surface area is 229 Å². The maximum Gasteiger partial charge on any atom is 0.273 e. The minimum atomic E-state index is 0.0373. The van der Waals surface area contributed by atoms with Crippen LogP contribution in [0, 0.1) is 0 Å². The highest BCUT2D eigenvalue weighted by Crippen LogP contribution is 2.28. The fourth-order valence-corrected chi connectivity index (χ4v) is 5.44. The Hall–Kier alpha value is -3.14. The summed E-state index contributed by atoms with van der Waals surface area (Å²) in [5, 5.41) is 2.85. The van der Waals surface area contributed by atoms with E-state index in [0.717, 1.165) is 74.5 Å². The third kappa shape index (κ3) is 7.24. The molecule has 38 heavy (non-hydrogen) atoms. The van der Waals surface area contributed by atoms with E-state index in [9.17, 15) is 4.79 Å². The molecule has 0 radical (unpaired) electrons. The van der Waals surface area contributed by atoms with Gasteiger partial charge in [0.2, 0.25) is 0 Å². The van der Waals surface area contributed by atoms with Gasteiger partial charge in [-0.3, -0.25) is 9.69 Å². The highest BCUT2D eigenvalue weighted by molar-refractivity contribution is 7.09. The maximum atomic E-state index is 13.1. The van der Waals surface area contributed by atoms with E-state index in [1.165, 1.54) is 11.1 Å². The first-order chi connectivity index (χ1) is 18.5. The molecular formula is C29H38N4O4S. The van der Waals surface area contributed by atoms with Crippen molar-refractivity contribution < 1.29 is 19.0 Å². The van der Waals surface area contributed by atoms with Gasteiger partial charge >= 0.3 is 0 Å². The van der Waals surface area contributed by atoms with Crippen molar-refractivity contribution in [2.75, 3.05) is 60.6 Å². The monoisotopic (exact) mass is 538 g/mol. The fourth-order valence-electron chi connectivity index (χ4n) is 4.63. The summed E-state index contributed by atoms with van der Waals surface area (Å²) in [6.45, 7) is 8.80. The minimum Gasteiger partial charge on any atom is -0.497 e. The second kappa shape index (κ2) is 13.6. The molecule has 4 rings (SSSR count). The van der Waals surface area contributed by atoms with Crippen molar-refractivity contribution in [1.29, 1.82) is 0 Å². The van der Waals surface area contributed by atoms with Gasteiger partial charge in [-0.05, 0) is 48.4 Å². The Morgan fingerprint density at radius 2 is 1.63 bits per heavy atom. The van der Waals surface area contributed by atoms with Gasteiger partial charge in [-0.2, -0.15) is 0 Å². The van der Waals surface area contributed by atoms with Crippen LogP contribution in [0.15, 0.2) is 47.8 Å². The largest absolute Gasteiger partial charge is 0.497 e. The van der Waals surface area contributed by atoms with Gasteiger partial charge in [-0.25, -0.2) is 4.98 Å². The molecule has 2 heterocycles. The molecule has 0 spiro atoms. The molecule has 1 aromatic heterocycles. The minimum absolute atomic E-state index is 0.0373. The van der Waals surface area contributed by atoms with Crippen LogP contribution < -0.4 is 14.2 Å². The summed E-state index contributed by atoms with van der Waals surface area (Å²) in [4.78, 5) is 24.5. The van der Waals surface area contributed by atoms with Crippen LogP contribution in [0.5, 0.6) is 17.2 Å². The van der Waals surface area contributed by atoms with Crippen LogP contribution in [-0.2, 0) is 19.5 Å². The normalized spacial score (nSPS) is 14.1. The topological polar surface area (TPSA) is 67.4 Å². The SMILES string of the molecule is CCN1CCN(C(=O)c2csc(CN(CCc3ccc(OC)c(OC)c3)Cc3ccc(OC)cc3)n2)CC1. The molecule has 1 saturated heterocycles. The molecule has 0 saturated carbocycles. The number of thiazole rings is 1. The number of piperazine rings is 1. The van der Waals surface area contributed by atoms with Crippen LogP contribution in [0.2, 0.25) is 0 Å². The first-order valence-electron chi connectivity index (χ1n) is 13.0. The lowest BCUT2D eigenvalue weighted by molar-refractivity contribution is 0.0638. The van der Waals surface area contributed by atoms with Crippen LogP contribution in [0.4, 0.5) is 0 Å². The van der Waals surface area contributed by atoms with Gasteiger partial charge in [0.25, 0.3) is 5.91 Å². The van der Waals surface area contributed by atoms with Crippen molar-refractivity contribution in [2.45, 2.75) is 26.4 Å². The average Bonchev–Trinajstić information content (AvgIpc) is 3.44. The standard InChI is InChI=1S/C29H38N4O4S/c1-5-31-14-16-33(17-15-31)29(34)25-21-38-28(30-25)20-32(19-23-6-9-24(35-2)10-7-23)13-12-22-8-11-26(36-3)27(18-22)37-4/h6-11,18,21H,5,12-17,19-20H2,1-4H3. The van der Waals surface area contributed by atoms with E-state index in [1.54, 1.807) is 32.7 Å². The molecule has 0 aliphatic carbocycles. The number of aromatic nitrogens is 1. The van der Waals surface area contributed by atoms with E-state index < -0.39 is 0 Å². The smallest absolute Gasteiger partial charge is 0.273 e. The van der Waals surface area contributed by atoms with E-state index in [1.807, 2.05) is 34.5 Å². The highest BCUT2D eigenvalue weighted by Gasteiger charge is 2.23. The first-order valence-corrected chi connectivity index (χ1v) is 13.9. The van der Waals surface area contributed by atoms with E-state index in [2.05, 4.69) is 34.9 Å². The number of carbonyl (C=O) groups excluding carboxylic acids is 1. The van der Waals surface area contributed by atoms with Gasteiger partial charge in [-0.15, -0.1) is 11.3 Å². The number of rotatable bonds is 12. The lowest BCUT2D eigenvalue weighted by atomic mass is 10.1. The van der Waals surface area contributed by atoms with Gasteiger partial charge in [0.1, 0.15) is 16.5 Å². The summed E-state index contributed by atoms with van der Waals surface area (Å²) >= 11 is 1.56. The quantitative estimate of drug-likeness (QED) is 0.343. The molecule has 0 atom stereocenters. The van der Waals surface area contributed by atoms with Crippen LogP contribution >= 0.6 is 11.3 Å². The number of nitrogens with zero attached hydrogens (tertiary/aromatic N) is 4. The number of carbonyl (C=O) groups is 1. The highest BCUT2D eigenvalue weighted by atomic mass is 32.1. The third-order valence-corrected chi connectivity index (χ3v) is 7.80. The van der Waals surface area contributed by atoms with Gasteiger partial charge in [0.15, 0.2) is 11.5 Å². The second-order valence-electron chi connectivity index (χ2n) is 9.35. The molecule has 3 aromatic rings. The lowest BCUT2D eigenvalue weighted by Crippen LogP contribution is -2.48. The Balaban J connectivity index is 1.45. The van der Waals surface area contributed by atoms with Crippen LogP contribution in [-0.4, -0.2) is 86.2 Å². The zero-order valence-electron chi connectivity index (χ0n) is 22.8. The second-order valence-corrected chi connectivity index (χ2v) is 10.3. The van der Waals surface area contributed by atoms with Gasteiger partial charge in [0.05, 0.1) is 27.9 Å². The number of hydrogen-bond donors (Lipinski definition) is 0. The maximum absolute atomic E-state index is 13.1. The summed E-state index contributed by atoms with van der Waals surface area (Å²) < 4.78 is 16.2. The summed E-state index contributed by atoms with van der Waals surface area (Å²) in [7, 11) is 4.98. The van der Waals surface area contributed by atoms with Crippen molar-refractivity contribution in [1.82, 2.24) is 19.7 Å². The molecule has 1 aliphatic heterocycles. The van der Waals surface area contributed by atoms with Gasteiger partial charge < -0.3 is 24.0 Å². The Kier molecular flexibility index (Phi) is 9.98. The predicted molar refractivity (Wildman–Crippen MR) is 150 cm³/mol. The number of amides is 1. The molecule has 0 N–H and O–H groups in total. The van der Waals surface area contributed by atoms with Crippen LogP contribution in [0.3, 0.4) is 0 Å². The molecule has 1 amide bonds. The Bertz CT molecular complexity index is 1180. The van der Waals surface area contributed by atoms with Crippen molar-refractivity contribution >= 4 is 17.2 Å². The zero-order valence-corrected chi connectivity index (χ0v) is 23.6. The summed E-state index contributed by atoms with van der Waals surface area (Å²) in [6, 6.07) is 14.2. The molecule has 1 fully saturated rings. The molecule has 1 aliphatic rings. The number of likely N-dealkylation sites (N-methyl/N-ethyl adjacent to an activating group) is 1. The number of ether oxygens (including phenoxy) is 3. The third-order valence-electron chi connectivity index (χ3n) is 6.97. The Morgan fingerprint density at radius 1 is 0.921 bits per heavy atom. The molecule has 8 nitrogen and oxygen atoms in total. The number of hydrogen-bond acceptors (Lipinski definition) is 8. The first kappa shape index (κ1) is 27.9. The van der Waals surface area contributed by atoms with Crippen LogP contribution in [0.25, 0.3) is 0 Å². The number of benzene rings is 2. The van der Waals surface area contributed by atoms with Crippen molar-refractivity contribution in [3.05, 3.63) is 69.7 Å². The van der Waals surface area contributed by atoms with E-state index in [-0.39, 0.29) is 5.91 Å². The Morgan fingerprint density at radius 3 is 2.29 bits per heavy atom. The molecule has 204 valence electrons. The summed E-state index contributed by atoms with van der Waals surface area (Å²) in [5.74, 6) is 2.33. The molecular weight excluding hydrogens is 500 g/mol. The number of methoxy groups -OCH3 is 3. The van der Waals surface area contributed by atoms with E-state index >= 15 is 0 Å². The lowest BCUT2D eigenvalue weighted by Gasteiger charge is -2.33. The predicted octanol–water partition coefficient (Wildman–Crippen LogP) is 4.19. The van der Waals surface area contributed by atoms with E-state index in [4.69, 9.17) is 19.2 Å². The average molecular weight is 539 g/mol. The van der Waals surface area contributed by atoms with E-state index in [0.29, 0.717) is 12.2 Å². The molecule has 0 unspecified atom stereocenters. The van der Waals surface area contributed by atoms with Gasteiger partial charge in [0, 0.05) is 44.6 Å².